The van der Waals surface area contributed by atoms with Crippen LogP contribution in [0.3, 0.4) is 0 Å². The molecule has 0 saturated heterocycles. The van der Waals surface area contributed by atoms with Crippen LogP contribution >= 0.6 is 0 Å². The van der Waals surface area contributed by atoms with Crippen molar-refractivity contribution in [2.24, 2.45) is 0 Å². The maximum atomic E-state index is 8.52. The molecule has 0 atom stereocenters. The summed E-state index contributed by atoms with van der Waals surface area (Å²) in [5, 5.41) is 0. The Morgan fingerprint density at radius 2 is 1.14 bits per heavy atom. The molecule has 0 fully saturated rings. The van der Waals surface area contributed by atoms with E-state index >= 15 is 0 Å². The maximum absolute atomic E-state index is 8.52. The van der Waals surface area contributed by atoms with Crippen LogP contribution in [0.1, 0.15) is 0 Å². The van der Waals surface area contributed by atoms with Gasteiger partial charge in [-0.1, -0.05) is 0 Å². The second-order valence-corrected chi connectivity index (χ2v) is 1.22. The Kier molecular flexibility index (Phi) is 11.6. The zero-order valence-electron chi connectivity index (χ0n) is 2.77. The summed E-state index contributed by atoms with van der Waals surface area (Å²) in [6.07, 6.45) is 0. The van der Waals surface area contributed by atoms with Crippen LogP contribution in [0.25, 0.3) is 0 Å². The van der Waals surface area contributed by atoms with Gasteiger partial charge in [0.2, 0.25) is 0 Å². The second-order valence-electron chi connectivity index (χ2n) is 0.408. The largest absolute Gasteiger partial charge is 2.00 e. The first kappa shape index (κ1) is 15.7. The SMILES string of the molecule is O=S(=O)([O-])[O-].[Ni+2].[W]. The number of hydrogen-bond donors (Lipinski definition) is 0. The van der Waals surface area contributed by atoms with Gasteiger partial charge in [-0.15, -0.1) is 0 Å². The standard InChI is InChI=1S/Ni.H2O4S.W/c;1-5(2,3)4;/h;(H2,1,2,3,4);/q+2;;/p-2. The third kappa shape index (κ3) is 163. The molecule has 0 heterocycles. The van der Waals surface area contributed by atoms with Gasteiger partial charge in [-0.3, -0.25) is 8.42 Å². The quantitative estimate of drug-likeness (QED) is 0.311. The molecule has 0 N–H and O–H groups in total. The summed E-state index contributed by atoms with van der Waals surface area (Å²) >= 11 is 0. The molecule has 0 aromatic rings. The molecule has 46 valence electrons. The van der Waals surface area contributed by atoms with Gasteiger partial charge < -0.3 is 9.11 Å². The van der Waals surface area contributed by atoms with E-state index in [0.717, 1.165) is 0 Å². The van der Waals surface area contributed by atoms with Crippen LogP contribution in [0.2, 0.25) is 0 Å². The molecule has 7 heavy (non-hydrogen) atoms. The average Bonchev–Trinajstić information content (AvgIpc) is 0.722. The minimum Gasteiger partial charge on any atom is -0.759 e. The summed E-state index contributed by atoms with van der Waals surface area (Å²) in [7, 11) is -5.17. The molecule has 0 aromatic heterocycles. The van der Waals surface area contributed by atoms with E-state index in [2.05, 4.69) is 0 Å². The Hall–Kier alpha value is 1.05. The van der Waals surface area contributed by atoms with Crippen LogP contribution in [0.5, 0.6) is 0 Å². The Morgan fingerprint density at radius 3 is 1.14 bits per heavy atom. The van der Waals surface area contributed by atoms with Gasteiger partial charge in [0.25, 0.3) is 0 Å². The van der Waals surface area contributed by atoms with E-state index in [4.69, 9.17) is 17.5 Å². The van der Waals surface area contributed by atoms with Gasteiger partial charge in [0.05, 0.1) is 0 Å². The molecule has 4 nitrogen and oxygen atoms in total. The first-order valence-electron chi connectivity index (χ1n) is 0.667. The van der Waals surface area contributed by atoms with Crippen molar-refractivity contribution in [1.29, 1.82) is 0 Å². The Balaban J connectivity index is -0.0000000800. The molecule has 0 unspecified atom stereocenters. The fourth-order valence-electron chi connectivity index (χ4n) is 0. The van der Waals surface area contributed by atoms with Crippen molar-refractivity contribution in [2.75, 3.05) is 0 Å². The average molecular weight is 339 g/mol. The molecular weight excluding hydrogens is 339 g/mol. The van der Waals surface area contributed by atoms with Crippen LogP contribution in [0.4, 0.5) is 0 Å². The summed E-state index contributed by atoms with van der Waals surface area (Å²) < 4.78 is 34.1. The van der Waals surface area contributed by atoms with E-state index < -0.39 is 10.4 Å². The fraction of sp³-hybridized carbons (Fsp3) is 0. The third-order valence-corrected chi connectivity index (χ3v) is 0. The molecule has 0 aliphatic heterocycles. The van der Waals surface area contributed by atoms with Crippen LogP contribution in [0, 0.1) is 0 Å². The van der Waals surface area contributed by atoms with Crippen LogP contribution < -0.4 is 0 Å². The Labute approximate surface area is 65.4 Å². The van der Waals surface area contributed by atoms with E-state index in [9.17, 15) is 0 Å². The van der Waals surface area contributed by atoms with Gasteiger partial charge >= 0.3 is 16.5 Å². The number of hydrogen-bond acceptors (Lipinski definition) is 4. The topological polar surface area (TPSA) is 80.3 Å². The Morgan fingerprint density at radius 1 is 1.14 bits per heavy atom. The molecule has 0 aromatic carbocycles. The fourth-order valence-corrected chi connectivity index (χ4v) is 0. The first-order chi connectivity index (χ1) is 2.00. The van der Waals surface area contributed by atoms with Crippen LogP contribution in [-0.2, 0) is 48.0 Å². The molecule has 0 aliphatic carbocycles. The Bertz CT molecular complexity index is 94.9. The molecular formula is NiO4SW. The molecule has 0 rings (SSSR count). The molecule has 0 radical (unpaired) electrons. The minimum atomic E-state index is -5.17. The maximum Gasteiger partial charge on any atom is 2.00 e. The van der Waals surface area contributed by atoms with Crippen molar-refractivity contribution >= 4 is 10.4 Å². The zero-order chi connectivity index (χ0) is 4.50. The van der Waals surface area contributed by atoms with E-state index in [1.807, 2.05) is 0 Å². The van der Waals surface area contributed by atoms with E-state index in [1.165, 1.54) is 0 Å². The smallest absolute Gasteiger partial charge is 0.759 e. The van der Waals surface area contributed by atoms with Crippen molar-refractivity contribution in [2.45, 2.75) is 0 Å². The van der Waals surface area contributed by atoms with Crippen molar-refractivity contribution in [3.63, 3.8) is 0 Å². The normalized spacial score (nSPS) is 8.29. The summed E-state index contributed by atoms with van der Waals surface area (Å²) in [6.45, 7) is 0. The van der Waals surface area contributed by atoms with Crippen molar-refractivity contribution < 1.29 is 55.1 Å². The van der Waals surface area contributed by atoms with Gasteiger partial charge in [0.1, 0.15) is 0 Å². The summed E-state index contributed by atoms with van der Waals surface area (Å²) in [5.74, 6) is 0. The van der Waals surface area contributed by atoms with Crippen LogP contribution in [0.15, 0.2) is 0 Å². The predicted molar refractivity (Wildman–Crippen MR) is 10.5 cm³/mol. The van der Waals surface area contributed by atoms with Crippen LogP contribution in [-0.4, -0.2) is 17.5 Å². The summed E-state index contributed by atoms with van der Waals surface area (Å²) in [6, 6.07) is 0. The molecule has 0 bridgehead atoms. The number of rotatable bonds is 0. The van der Waals surface area contributed by atoms with Gasteiger partial charge in [0.15, 0.2) is 0 Å². The van der Waals surface area contributed by atoms with E-state index in [0.29, 0.717) is 0 Å². The van der Waals surface area contributed by atoms with Crippen molar-refractivity contribution in [3.8, 4) is 0 Å². The van der Waals surface area contributed by atoms with Crippen molar-refractivity contribution in [1.82, 2.24) is 0 Å². The van der Waals surface area contributed by atoms with Gasteiger partial charge in [-0.05, 0) is 0 Å². The van der Waals surface area contributed by atoms with E-state index in [-0.39, 0.29) is 37.6 Å². The van der Waals surface area contributed by atoms with Gasteiger partial charge in [0, 0.05) is 31.5 Å². The molecule has 0 saturated carbocycles. The second kappa shape index (κ2) is 5.19. The molecule has 0 aliphatic rings. The minimum absolute atomic E-state index is 0. The monoisotopic (exact) mass is 338 g/mol. The molecule has 0 spiro atoms. The van der Waals surface area contributed by atoms with E-state index in [1.54, 1.807) is 0 Å². The first-order valence-corrected chi connectivity index (χ1v) is 2.00. The molecule has 0 amide bonds. The third-order valence-electron chi connectivity index (χ3n) is 0. The van der Waals surface area contributed by atoms with Gasteiger partial charge in [-0.25, -0.2) is 0 Å². The summed E-state index contributed by atoms with van der Waals surface area (Å²) in [4.78, 5) is 0. The summed E-state index contributed by atoms with van der Waals surface area (Å²) in [5.41, 5.74) is 0. The van der Waals surface area contributed by atoms with Crippen molar-refractivity contribution in [3.05, 3.63) is 0 Å². The zero-order valence-corrected chi connectivity index (χ0v) is 7.50. The van der Waals surface area contributed by atoms with Gasteiger partial charge in [-0.2, -0.15) is 0 Å². The predicted octanol–water partition coefficient (Wildman–Crippen LogP) is -1.34. The molecule has 7 heteroatoms.